The molecule has 0 spiro atoms. The monoisotopic (exact) mass is 248 g/mol. The van der Waals surface area contributed by atoms with Crippen molar-refractivity contribution in [2.45, 2.75) is 6.42 Å². The van der Waals surface area contributed by atoms with Gasteiger partial charge in [-0.15, -0.1) is 0 Å². The van der Waals surface area contributed by atoms with Gasteiger partial charge in [-0.3, -0.25) is 4.79 Å². The number of rotatable bonds is 4. The molecule has 0 aliphatic heterocycles. The zero-order chi connectivity index (χ0) is 13.1. The standard InChI is InChI=1S/C13H9FO4/c14-9-3-1-2-8(6-9)7-10(15)11-4-5-12(18-11)13(16)17/h1-6H,7H2,(H,16,17). The highest BCUT2D eigenvalue weighted by Crippen LogP contribution is 2.12. The third kappa shape index (κ3) is 2.63. The molecule has 0 amide bonds. The maximum atomic E-state index is 12.9. The van der Waals surface area contributed by atoms with Crippen LogP contribution in [0.25, 0.3) is 0 Å². The average Bonchev–Trinajstić information content (AvgIpc) is 2.78. The highest BCUT2D eigenvalue weighted by atomic mass is 19.1. The van der Waals surface area contributed by atoms with Gasteiger partial charge in [0.05, 0.1) is 0 Å². The molecular weight excluding hydrogens is 239 g/mol. The van der Waals surface area contributed by atoms with Crippen LogP contribution in [0.1, 0.15) is 26.7 Å². The number of aromatic carboxylic acids is 1. The van der Waals surface area contributed by atoms with E-state index in [1.807, 2.05) is 0 Å². The third-order valence-corrected chi connectivity index (χ3v) is 2.35. The zero-order valence-electron chi connectivity index (χ0n) is 9.22. The quantitative estimate of drug-likeness (QED) is 0.844. The fraction of sp³-hybridized carbons (Fsp3) is 0.0769. The number of halogens is 1. The highest BCUT2D eigenvalue weighted by Gasteiger charge is 2.15. The third-order valence-electron chi connectivity index (χ3n) is 2.35. The summed E-state index contributed by atoms with van der Waals surface area (Å²) in [6.07, 6.45) is -0.0374. The second kappa shape index (κ2) is 4.83. The van der Waals surface area contributed by atoms with Gasteiger partial charge in [-0.05, 0) is 29.8 Å². The number of hydrogen-bond acceptors (Lipinski definition) is 3. The summed E-state index contributed by atoms with van der Waals surface area (Å²) in [5, 5.41) is 8.65. The minimum Gasteiger partial charge on any atom is -0.475 e. The predicted octanol–water partition coefficient (Wildman–Crippen LogP) is 2.54. The molecule has 1 aromatic carbocycles. The number of ketones is 1. The van der Waals surface area contributed by atoms with Crippen molar-refractivity contribution >= 4 is 11.8 Å². The molecule has 1 aromatic heterocycles. The van der Waals surface area contributed by atoms with E-state index in [0.717, 1.165) is 0 Å². The van der Waals surface area contributed by atoms with Gasteiger partial charge in [-0.2, -0.15) is 0 Å². The maximum absolute atomic E-state index is 12.9. The van der Waals surface area contributed by atoms with Crippen molar-refractivity contribution in [2.24, 2.45) is 0 Å². The van der Waals surface area contributed by atoms with Crippen molar-refractivity contribution in [2.75, 3.05) is 0 Å². The van der Waals surface area contributed by atoms with Crippen LogP contribution in [0.4, 0.5) is 4.39 Å². The van der Waals surface area contributed by atoms with Gasteiger partial charge in [0.2, 0.25) is 11.5 Å². The number of carboxylic acids is 1. The molecular formula is C13H9FO4. The Kier molecular flexibility index (Phi) is 3.23. The topological polar surface area (TPSA) is 67.5 Å². The Morgan fingerprint density at radius 3 is 2.50 bits per heavy atom. The molecule has 1 heterocycles. The Balaban J connectivity index is 2.14. The van der Waals surface area contributed by atoms with E-state index in [2.05, 4.69) is 0 Å². The molecule has 0 saturated carbocycles. The van der Waals surface area contributed by atoms with Crippen LogP contribution in [0.15, 0.2) is 40.8 Å². The van der Waals surface area contributed by atoms with Gasteiger partial charge in [0.1, 0.15) is 5.82 Å². The molecule has 0 aliphatic carbocycles. The highest BCUT2D eigenvalue weighted by molar-refractivity contribution is 5.96. The van der Waals surface area contributed by atoms with Crippen molar-refractivity contribution in [3.05, 3.63) is 59.3 Å². The summed E-state index contributed by atoms with van der Waals surface area (Å²) in [7, 11) is 0. The van der Waals surface area contributed by atoms with Crippen molar-refractivity contribution in [3.8, 4) is 0 Å². The van der Waals surface area contributed by atoms with Crippen LogP contribution in [0.3, 0.4) is 0 Å². The Morgan fingerprint density at radius 1 is 1.17 bits per heavy atom. The van der Waals surface area contributed by atoms with Crippen LogP contribution in [0, 0.1) is 5.82 Å². The number of carboxylic acid groups (broad SMARTS) is 1. The molecule has 0 saturated heterocycles. The molecule has 0 atom stereocenters. The van der Waals surface area contributed by atoms with Gasteiger partial charge in [0, 0.05) is 6.42 Å². The van der Waals surface area contributed by atoms with Crippen LogP contribution < -0.4 is 0 Å². The summed E-state index contributed by atoms with van der Waals surface area (Å²) in [5.74, 6) is -2.40. The van der Waals surface area contributed by atoms with Gasteiger partial charge >= 0.3 is 5.97 Å². The summed E-state index contributed by atoms with van der Waals surface area (Å²) < 4.78 is 17.8. The number of hydrogen-bond donors (Lipinski definition) is 1. The maximum Gasteiger partial charge on any atom is 0.371 e. The molecule has 0 radical (unpaired) electrons. The number of carbonyl (C=O) groups excluding carboxylic acids is 1. The minimum absolute atomic E-state index is 0.0374. The first-order valence-corrected chi connectivity index (χ1v) is 5.17. The summed E-state index contributed by atoms with van der Waals surface area (Å²) >= 11 is 0. The number of benzene rings is 1. The van der Waals surface area contributed by atoms with Crippen molar-refractivity contribution in [3.63, 3.8) is 0 Å². The predicted molar refractivity (Wildman–Crippen MR) is 60.1 cm³/mol. The molecule has 2 rings (SSSR count). The number of furan rings is 1. The summed E-state index contributed by atoms with van der Waals surface area (Å²) in [5.41, 5.74) is 0.508. The van der Waals surface area contributed by atoms with Crippen molar-refractivity contribution in [1.29, 1.82) is 0 Å². The molecule has 1 N–H and O–H groups in total. The summed E-state index contributed by atoms with van der Waals surface area (Å²) in [4.78, 5) is 22.3. The SMILES string of the molecule is O=C(O)c1ccc(C(=O)Cc2cccc(F)c2)o1. The van der Waals surface area contributed by atoms with E-state index in [4.69, 9.17) is 9.52 Å². The molecule has 2 aromatic rings. The van der Waals surface area contributed by atoms with E-state index in [1.165, 1.54) is 30.3 Å². The van der Waals surface area contributed by atoms with Gasteiger partial charge in [0.15, 0.2) is 5.76 Å². The van der Waals surface area contributed by atoms with Crippen molar-refractivity contribution < 1.29 is 23.5 Å². The van der Waals surface area contributed by atoms with Crippen LogP contribution in [-0.2, 0) is 6.42 Å². The van der Waals surface area contributed by atoms with Crippen LogP contribution in [0.2, 0.25) is 0 Å². The van der Waals surface area contributed by atoms with E-state index in [0.29, 0.717) is 5.56 Å². The smallest absolute Gasteiger partial charge is 0.371 e. The minimum atomic E-state index is -1.24. The molecule has 0 aliphatic rings. The van der Waals surface area contributed by atoms with E-state index < -0.39 is 17.6 Å². The van der Waals surface area contributed by atoms with Crippen LogP contribution in [0.5, 0.6) is 0 Å². The Hall–Kier alpha value is -2.43. The number of Topliss-reactive ketones (excluding diaryl/α,β-unsaturated/α-hetero) is 1. The lowest BCUT2D eigenvalue weighted by molar-refractivity contribution is 0.0660. The fourth-order valence-electron chi connectivity index (χ4n) is 1.52. The van der Waals surface area contributed by atoms with Gasteiger partial charge in [0.25, 0.3) is 0 Å². The van der Waals surface area contributed by atoms with E-state index in [1.54, 1.807) is 6.07 Å². The number of carbonyl (C=O) groups is 2. The van der Waals surface area contributed by atoms with E-state index in [9.17, 15) is 14.0 Å². The van der Waals surface area contributed by atoms with E-state index in [-0.39, 0.29) is 17.9 Å². The van der Waals surface area contributed by atoms with Crippen LogP contribution in [-0.4, -0.2) is 16.9 Å². The van der Waals surface area contributed by atoms with Gasteiger partial charge < -0.3 is 9.52 Å². The fourth-order valence-corrected chi connectivity index (χ4v) is 1.52. The van der Waals surface area contributed by atoms with Gasteiger partial charge in [-0.25, -0.2) is 9.18 Å². The Morgan fingerprint density at radius 2 is 1.89 bits per heavy atom. The Labute approximate surface area is 102 Å². The summed E-state index contributed by atoms with van der Waals surface area (Å²) in [6, 6.07) is 8.15. The largest absolute Gasteiger partial charge is 0.475 e. The summed E-state index contributed by atoms with van der Waals surface area (Å²) in [6.45, 7) is 0. The lowest BCUT2D eigenvalue weighted by Gasteiger charge is -1.98. The second-order valence-corrected chi connectivity index (χ2v) is 3.70. The molecule has 0 unspecified atom stereocenters. The zero-order valence-corrected chi connectivity index (χ0v) is 9.22. The first-order valence-electron chi connectivity index (χ1n) is 5.17. The van der Waals surface area contributed by atoms with E-state index >= 15 is 0 Å². The molecule has 0 bridgehead atoms. The first-order chi connectivity index (χ1) is 8.56. The lowest BCUT2D eigenvalue weighted by atomic mass is 10.1. The van der Waals surface area contributed by atoms with Crippen molar-refractivity contribution in [1.82, 2.24) is 0 Å². The second-order valence-electron chi connectivity index (χ2n) is 3.70. The normalized spacial score (nSPS) is 10.3. The first kappa shape index (κ1) is 12.0. The Bertz CT molecular complexity index is 601. The molecule has 5 heteroatoms. The van der Waals surface area contributed by atoms with Gasteiger partial charge in [-0.1, -0.05) is 12.1 Å². The van der Waals surface area contributed by atoms with Crippen LogP contribution >= 0.6 is 0 Å². The lowest BCUT2D eigenvalue weighted by Crippen LogP contribution is -2.02. The molecule has 92 valence electrons. The molecule has 18 heavy (non-hydrogen) atoms. The molecule has 0 fully saturated rings. The molecule has 4 nitrogen and oxygen atoms in total. The average molecular weight is 248 g/mol.